The minimum atomic E-state index is -0.672. The van der Waals surface area contributed by atoms with Crippen molar-refractivity contribution in [2.45, 2.75) is 17.3 Å². The van der Waals surface area contributed by atoms with Gasteiger partial charge in [0.1, 0.15) is 17.1 Å². The number of carbonyl (C=O) groups excluding carboxylic acids is 1. The van der Waals surface area contributed by atoms with E-state index in [1.54, 1.807) is 12.4 Å². The Hall–Kier alpha value is -1.54. The molecule has 8 heteroatoms. The lowest BCUT2D eigenvalue weighted by Gasteiger charge is -2.14. The van der Waals surface area contributed by atoms with E-state index >= 15 is 0 Å². The molecule has 1 amide bonds. The Morgan fingerprint density at radius 2 is 2.30 bits per heavy atom. The maximum absolute atomic E-state index is 13.5. The molecular formula is C12H11F2N3OS2. The molecule has 0 saturated carbocycles. The summed E-state index contributed by atoms with van der Waals surface area (Å²) in [5.74, 6) is -1.39. The first kappa shape index (κ1) is 14.9. The second-order valence-corrected chi connectivity index (χ2v) is 6.00. The molecule has 2 aromatic rings. The number of amides is 1. The monoisotopic (exact) mass is 315 g/mol. The molecule has 0 aliphatic rings. The van der Waals surface area contributed by atoms with Crippen LogP contribution in [0, 0.1) is 11.6 Å². The second-order valence-electron chi connectivity index (χ2n) is 3.95. The maximum Gasteiger partial charge on any atom is 0.230 e. The highest BCUT2D eigenvalue weighted by molar-refractivity contribution is 8.01. The number of hydrogen-bond acceptors (Lipinski definition) is 5. The molecular weight excluding hydrogens is 304 g/mol. The zero-order valence-electron chi connectivity index (χ0n) is 10.5. The van der Waals surface area contributed by atoms with Crippen molar-refractivity contribution < 1.29 is 13.6 Å². The molecule has 0 aliphatic heterocycles. The highest BCUT2D eigenvalue weighted by Crippen LogP contribution is 2.20. The SMILES string of the molecule is C[C@H](NC(=O)CSc1nncs1)c1ccc(F)cc1F. The van der Waals surface area contributed by atoms with E-state index in [1.165, 1.54) is 29.2 Å². The number of carbonyl (C=O) groups is 1. The van der Waals surface area contributed by atoms with Crippen LogP contribution in [-0.4, -0.2) is 21.9 Å². The average molecular weight is 315 g/mol. The first-order valence-electron chi connectivity index (χ1n) is 5.69. The highest BCUT2D eigenvalue weighted by atomic mass is 32.2. The van der Waals surface area contributed by atoms with Gasteiger partial charge < -0.3 is 5.32 Å². The minimum Gasteiger partial charge on any atom is -0.349 e. The van der Waals surface area contributed by atoms with Crippen LogP contribution in [0.3, 0.4) is 0 Å². The predicted octanol–water partition coefficient (Wildman–Crippen LogP) is 2.79. The van der Waals surface area contributed by atoms with Gasteiger partial charge in [0.25, 0.3) is 0 Å². The lowest BCUT2D eigenvalue weighted by molar-refractivity contribution is -0.119. The summed E-state index contributed by atoms with van der Waals surface area (Å²) < 4.78 is 27.1. The quantitative estimate of drug-likeness (QED) is 0.862. The Balaban J connectivity index is 1.90. The zero-order valence-corrected chi connectivity index (χ0v) is 12.1. The molecule has 0 fully saturated rings. The number of nitrogens with one attached hydrogen (secondary N) is 1. The standard InChI is InChI=1S/C12H11F2N3OS2/c1-7(9-3-2-8(13)4-10(9)14)16-11(18)5-19-12-17-15-6-20-12/h2-4,6-7H,5H2,1H3,(H,16,18)/t7-/m0/s1. The summed E-state index contributed by atoms with van der Waals surface area (Å²) in [6.45, 7) is 1.64. The summed E-state index contributed by atoms with van der Waals surface area (Å²) in [7, 11) is 0. The van der Waals surface area contributed by atoms with Crippen LogP contribution in [0.5, 0.6) is 0 Å². The Bertz CT molecular complexity index is 592. The largest absolute Gasteiger partial charge is 0.349 e. The van der Waals surface area contributed by atoms with E-state index in [0.29, 0.717) is 4.34 Å². The van der Waals surface area contributed by atoms with Gasteiger partial charge in [0.15, 0.2) is 4.34 Å². The first-order chi connectivity index (χ1) is 9.56. The van der Waals surface area contributed by atoms with E-state index < -0.39 is 17.7 Å². The van der Waals surface area contributed by atoms with Crippen LogP contribution in [0.4, 0.5) is 8.78 Å². The van der Waals surface area contributed by atoms with Gasteiger partial charge >= 0.3 is 0 Å². The van der Waals surface area contributed by atoms with Gasteiger partial charge in [-0.15, -0.1) is 10.2 Å². The molecule has 0 radical (unpaired) electrons. The lowest BCUT2D eigenvalue weighted by atomic mass is 10.1. The zero-order chi connectivity index (χ0) is 14.5. The normalized spacial score (nSPS) is 12.2. The first-order valence-corrected chi connectivity index (χ1v) is 7.56. The molecule has 0 bridgehead atoms. The van der Waals surface area contributed by atoms with Crippen molar-refractivity contribution in [1.82, 2.24) is 15.5 Å². The van der Waals surface area contributed by atoms with Crippen molar-refractivity contribution >= 4 is 29.0 Å². The molecule has 1 aromatic carbocycles. The maximum atomic E-state index is 13.5. The fourth-order valence-electron chi connectivity index (χ4n) is 1.57. The molecule has 1 aromatic heterocycles. The minimum absolute atomic E-state index is 0.169. The fraction of sp³-hybridized carbons (Fsp3) is 0.250. The summed E-state index contributed by atoms with van der Waals surface area (Å²) >= 11 is 2.60. The number of hydrogen-bond donors (Lipinski definition) is 1. The van der Waals surface area contributed by atoms with Gasteiger partial charge in [-0.3, -0.25) is 4.79 Å². The van der Waals surface area contributed by atoms with Crippen molar-refractivity contribution in [2.75, 3.05) is 5.75 Å². The third-order valence-electron chi connectivity index (χ3n) is 2.47. The van der Waals surface area contributed by atoms with Gasteiger partial charge in [0.2, 0.25) is 5.91 Å². The van der Waals surface area contributed by atoms with E-state index in [-0.39, 0.29) is 17.2 Å². The Kier molecular flexibility index (Phi) is 5.02. The molecule has 1 N–H and O–H groups in total. The van der Waals surface area contributed by atoms with Gasteiger partial charge in [0.05, 0.1) is 11.8 Å². The van der Waals surface area contributed by atoms with Gasteiger partial charge in [-0.2, -0.15) is 0 Å². The van der Waals surface area contributed by atoms with Crippen LogP contribution in [0.1, 0.15) is 18.5 Å². The topological polar surface area (TPSA) is 54.9 Å². The third-order valence-corrected chi connectivity index (χ3v) is 4.33. The molecule has 106 valence electrons. The molecule has 20 heavy (non-hydrogen) atoms. The van der Waals surface area contributed by atoms with E-state index in [0.717, 1.165) is 12.1 Å². The average Bonchev–Trinajstić information content (AvgIpc) is 2.89. The van der Waals surface area contributed by atoms with Crippen LogP contribution < -0.4 is 5.32 Å². The molecule has 2 rings (SSSR count). The number of aromatic nitrogens is 2. The molecule has 1 atom stereocenters. The van der Waals surface area contributed by atoms with Crippen molar-refractivity contribution in [3.8, 4) is 0 Å². The summed E-state index contributed by atoms with van der Waals surface area (Å²) in [6.07, 6.45) is 0. The third kappa shape index (κ3) is 3.97. The number of benzene rings is 1. The number of thioether (sulfide) groups is 1. The van der Waals surface area contributed by atoms with Crippen LogP contribution in [0.15, 0.2) is 28.0 Å². The van der Waals surface area contributed by atoms with Gasteiger partial charge in [-0.05, 0) is 13.0 Å². The van der Waals surface area contributed by atoms with Crippen LogP contribution in [0.2, 0.25) is 0 Å². The Morgan fingerprint density at radius 1 is 1.50 bits per heavy atom. The summed E-state index contributed by atoms with van der Waals surface area (Å²) in [5.41, 5.74) is 1.83. The number of rotatable bonds is 5. The molecule has 0 saturated heterocycles. The summed E-state index contributed by atoms with van der Waals surface area (Å²) in [5, 5.41) is 10.1. The van der Waals surface area contributed by atoms with Crippen LogP contribution >= 0.6 is 23.1 Å². The van der Waals surface area contributed by atoms with Crippen molar-refractivity contribution in [3.63, 3.8) is 0 Å². The predicted molar refractivity (Wildman–Crippen MR) is 73.5 cm³/mol. The molecule has 1 heterocycles. The van der Waals surface area contributed by atoms with E-state index in [2.05, 4.69) is 15.5 Å². The van der Waals surface area contributed by atoms with Crippen molar-refractivity contribution in [1.29, 1.82) is 0 Å². The van der Waals surface area contributed by atoms with Gasteiger partial charge in [-0.25, -0.2) is 8.78 Å². The number of nitrogens with zero attached hydrogens (tertiary/aromatic N) is 2. The molecule has 0 aliphatic carbocycles. The van der Waals surface area contributed by atoms with Crippen LogP contribution in [-0.2, 0) is 4.79 Å². The van der Waals surface area contributed by atoms with E-state index in [4.69, 9.17) is 0 Å². The molecule has 4 nitrogen and oxygen atoms in total. The van der Waals surface area contributed by atoms with Gasteiger partial charge in [-0.1, -0.05) is 29.2 Å². The smallest absolute Gasteiger partial charge is 0.230 e. The Labute approximate surface area is 122 Å². The molecule has 0 spiro atoms. The van der Waals surface area contributed by atoms with Crippen molar-refractivity contribution in [2.24, 2.45) is 0 Å². The number of halogens is 2. The highest BCUT2D eigenvalue weighted by Gasteiger charge is 2.14. The fourth-order valence-corrected chi connectivity index (χ4v) is 2.87. The summed E-state index contributed by atoms with van der Waals surface area (Å²) in [4.78, 5) is 11.7. The summed E-state index contributed by atoms with van der Waals surface area (Å²) in [6, 6.07) is 2.76. The van der Waals surface area contributed by atoms with E-state index in [9.17, 15) is 13.6 Å². The van der Waals surface area contributed by atoms with E-state index in [1.807, 2.05) is 0 Å². The Morgan fingerprint density at radius 3 is 2.95 bits per heavy atom. The lowest BCUT2D eigenvalue weighted by Crippen LogP contribution is -2.28. The van der Waals surface area contributed by atoms with Crippen LogP contribution in [0.25, 0.3) is 0 Å². The second kappa shape index (κ2) is 6.76. The van der Waals surface area contributed by atoms with Gasteiger partial charge in [0, 0.05) is 11.6 Å². The van der Waals surface area contributed by atoms with Crippen molar-refractivity contribution in [3.05, 3.63) is 40.9 Å². The molecule has 0 unspecified atom stereocenters.